The molecular weight excluding hydrogens is 244 g/mol. The number of carbonyl (C=O) groups is 1. The number of aromatic nitrogens is 1. The maximum Gasteiger partial charge on any atom is 0.323 e. The van der Waals surface area contributed by atoms with Crippen molar-refractivity contribution < 1.29 is 9.32 Å². The molecule has 1 saturated heterocycles. The van der Waals surface area contributed by atoms with Gasteiger partial charge in [0.05, 0.1) is 0 Å². The molecule has 1 N–H and O–H groups in total. The Bertz CT molecular complexity index is 424. The van der Waals surface area contributed by atoms with Gasteiger partial charge in [-0.05, 0) is 20.3 Å². The molecule has 6 heteroatoms. The maximum atomic E-state index is 12.0. The Morgan fingerprint density at radius 1 is 1.47 bits per heavy atom. The summed E-state index contributed by atoms with van der Waals surface area (Å²) in [4.78, 5) is 16.3. The van der Waals surface area contributed by atoms with Gasteiger partial charge in [0.2, 0.25) is 0 Å². The van der Waals surface area contributed by atoms with Crippen LogP contribution in [-0.2, 0) is 0 Å². The van der Waals surface area contributed by atoms with Gasteiger partial charge in [-0.25, -0.2) is 4.79 Å². The Labute approximate surface area is 113 Å². The second-order valence-corrected chi connectivity index (χ2v) is 5.03. The van der Waals surface area contributed by atoms with E-state index in [4.69, 9.17) is 4.52 Å². The van der Waals surface area contributed by atoms with Gasteiger partial charge in [0.1, 0.15) is 5.76 Å². The first kappa shape index (κ1) is 13.9. The second kappa shape index (κ2) is 6.06. The van der Waals surface area contributed by atoms with Gasteiger partial charge in [0.25, 0.3) is 0 Å². The third-order valence-corrected chi connectivity index (χ3v) is 3.68. The summed E-state index contributed by atoms with van der Waals surface area (Å²) in [6.07, 6.45) is 1.14. The minimum atomic E-state index is -0.0999. The fraction of sp³-hybridized carbons (Fsp3) is 0.692. The van der Waals surface area contributed by atoms with Crippen LogP contribution < -0.4 is 5.32 Å². The molecule has 0 spiro atoms. The van der Waals surface area contributed by atoms with E-state index in [2.05, 4.69) is 29.2 Å². The van der Waals surface area contributed by atoms with Gasteiger partial charge < -0.3 is 9.42 Å². The lowest BCUT2D eigenvalue weighted by molar-refractivity contribution is 0.117. The zero-order valence-electron chi connectivity index (χ0n) is 11.8. The van der Waals surface area contributed by atoms with Crippen molar-refractivity contribution in [3.63, 3.8) is 0 Å². The molecule has 6 nitrogen and oxygen atoms in total. The van der Waals surface area contributed by atoms with Crippen molar-refractivity contribution in [2.24, 2.45) is 0 Å². The smallest absolute Gasteiger partial charge is 0.323 e. The van der Waals surface area contributed by atoms with Gasteiger partial charge in [0.15, 0.2) is 5.82 Å². The van der Waals surface area contributed by atoms with Crippen molar-refractivity contribution in [1.82, 2.24) is 15.0 Å². The van der Waals surface area contributed by atoms with Crippen molar-refractivity contribution in [1.29, 1.82) is 0 Å². The van der Waals surface area contributed by atoms with Crippen LogP contribution in [0.3, 0.4) is 0 Å². The fourth-order valence-electron chi connectivity index (χ4n) is 2.24. The molecule has 0 bridgehead atoms. The summed E-state index contributed by atoms with van der Waals surface area (Å²) in [5.74, 6) is 1.17. The van der Waals surface area contributed by atoms with E-state index in [1.54, 1.807) is 13.0 Å². The first-order chi connectivity index (χ1) is 9.10. The van der Waals surface area contributed by atoms with E-state index in [1.807, 2.05) is 4.90 Å². The summed E-state index contributed by atoms with van der Waals surface area (Å²) >= 11 is 0. The van der Waals surface area contributed by atoms with Crippen LogP contribution in [-0.4, -0.2) is 53.2 Å². The standard InChI is InChI=1S/C13H22N4O2/c1-4-10(2)16-5-7-17(8-6-16)13(18)14-12-9-11(3)19-15-12/h9-10H,4-8H2,1-3H3,(H,14,15,18). The molecule has 0 aromatic carbocycles. The van der Waals surface area contributed by atoms with Crippen LogP contribution in [0.1, 0.15) is 26.0 Å². The van der Waals surface area contributed by atoms with Crippen molar-refractivity contribution in [2.45, 2.75) is 33.2 Å². The molecule has 1 aromatic rings. The number of hydrogen-bond donors (Lipinski definition) is 1. The molecule has 0 aliphatic carbocycles. The van der Waals surface area contributed by atoms with E-state index in [-0.39, 0.29) is 6.03 Å². The molecule has 106 valence electrons. The van der Waals surface area contributed by atoms with Crippen LogP contribution in [0.2, 0.25) is 0 Å². The van der Waals surface area contributed by atoms with Crippen LogP contribution in [0.25, 0.3) is 0 Å². The van der Waals surface area contributed by atoms with Crippen LogP contribution in [0.5, 0.6) is 0 Å². The van der Waals surface area contributed by atoms with Crippen LogP contribution >= 0.6 is 0 Å². The maximum absolute atomic E-state index is 12.0. The lowest BCUT2D eigenvalue weighted by atomic mass is 10.2. The van der Waals surface area contributed by atoms with Crippen molar-refractivity contribution >= 4 is 11.8 Å². The number of urea groups is 1. The Morgan fingerprint density at radius 3 is 2.68 bits per heavy atom. The van der Waals surface area contributed by atoms with Gasteiger partial charge in [-0.1, -0.05) is 12.1 Å². The summed E-state index contributed by atoms with van der Waals surface area (Å²) in [5.41, 5.74) is 0. The number of nitrogens with one attached hydrogen (secondary N) is 1. The average Bonchev–Trinajstić information content (AvgIpc) is 2.83. The zero-order valence-corrected chi connectivity index (χ0v) is 11.8. The van der Waals surface area contributed by atoms with E-state index in [0.717, 1.165) is 32.6 Å². The third kappa shape index (κ3) is 3.47. The largest absolute Gasteiger partial charge is 0.360 e. The van der Waals surface area contributed by atoms with Gasteiger partial charge in [-0.15, -0.1) is 0 Å². The number of carbonyl (C=O) groups excluding carboxylic acids is 1. The third-order valence-electron chi connectivity index (χ3n) is 3.68. The number of nitrogens with zero attached hydrogens (tertiary/aromatic N) is 3. The SMILES string of the molecule is CCC(C)N1CCN(C(=O)Nc2cc(C)on2)CC1. The quantitative estimate of drug-likeness (QED) is 0.908. The van der Waals surface area contributed by atoms with E-state index in [0.29, 0.717) is 17.6 Å². The number of hydrogen-bond acceptors (Lipinski definition) is 4. The van der Waals surface area contributed by atoms with Crippen LogP contribution in [0.4, 0.5) is 10.6 Å². The van der Waals surface area contributed by atoms with Gasteiger partial charge in [-0.3, -0.25) is 10.2 Å². The zero-order chi connectivity index (χ0) is 13.8. The van der Waals surface area contributed by atoms with Crippen molar-refractivity contribution in [3.8, 4) is 0 Å². The highest BCUT2D eigenvalue weighted by molar-refractivity contribution is 5.88. The summed E-state index contributed by atoms with van der Waals surface area (Å²) < 4.78 is 4.92. The first-order valence-electron chi connectivity index (χ1n) is 6.83. The van der Waals surface area contributed by atoms with Crippen LogP contribution in [0, 0.1) is 6.92 Å². The first-order valence-corrected chi connectivity index (χ1v) is 6.83. The Balaban J connectivity index is 1.82. The molecule has 0 radical (unpaired) electrons. The fourth-order valence-corrected chi connectivity index (χ4v) is 2.24. The van der Waals surface area contributed by atoms with Crippen molar-refractivity contribution in [3.05, 3.63) is 11.8 Å². The summed E-state index contributed by atoms with van der Waals surface area (Å²) in [6, 6.07) is 2.20. The molecule has 0 saturated carbocycles. The molecule has 2 rings (SSSR count). The summed E-state index contributed by atoms with van der Waals surface area (Å²) in [6.45, 7) is 9.60. The lowest BCUT2D eigenvalue weighted by Gasteiger charge is -2.37. The topological polar surface area (TPSA) is 61.6 Å². The molecule has 2 heterocycles. The van der Waals surface area contributed by atoms with Crippen molar-refractivity contribution in [2.75, 3.05) is 31.5 Å². The number of amides is 2. The van der Waals surface area contributed by atoms with E-state index < -0.39 is 0 Å². The normalized spacial score (nSPS) is 18.4. The molecule has 1 aliphatic heterocycles. The molecule has 1 atom stereocenters. The Hall–Kier alpha value is -1.56. The highest BCUT2D eigenvalue weighted by Crippen LogP contribution is 2.11. The number of aryl methyl sites for hydroxylation is 1. The predicted octanol–water partition coefficient (Wildman–Crippen LogP) is 1.93. The van der Waals surface area contributed by atoms with Gasteiger partial charge >= 0.3 is 6.03 Å². The monoisotopic (exact) mass is 266 g/mol. The summed E-state index contributed by atoms with van der Waals surface area (Å²) in [7, 11) is 0. The lowest BCUT2D eigenvalue weighted by Crippen LogP contribution is -2.52. The molecule has 1 aromatic heterocycles. The Kier molecular flexibility index (Phi) is 4.42. The van der Waals surface area contributed by atoms with Gasteiger partial charge in [-0.2, -0.15) is 0 Å². The molecule has 1 fully saturated rings. The number of anilines is 1. The molecule has 19 heavy (non-hydrogen) atoms. The minimum absolute atomic E-state index is 0.0999. The van der Waals surface area contributed by atoms with E-state index in [9.17, 15) is 4.79 Å². The average molecular weight is 266 g/mol. The highest BCUT2D eigenvalue weighted by Gasteiger charge is 2.23. The highest BCUT2D eigenvalue weighted by atomic mass is 16.5. The molecule has 1 aliphatic rings. The second-order valence-electron chi connectivity index (χ2n) is 5.03. The Morgan fingerprint density at radius 2 is 2.16 bits per heavy atom. The molecule has 1 unspecified atom stereocenters. The number of rotatable bonds is 3. The van der Waals surface area contributed by atoms with Gasteiger partial charge in [0, 0.05) is 38.3 Å². The molecular formula is C13H22N4O2. The predicted molar refractivity (Wildman–Crippen MR) is 73.2 cm³/mol. The summed E-state index contributed by atoms with van der Waals surface area (Å²) in [5, 5.41) is 6.52. The van der Waals surface area contributed by atoms with E-state index in [1.165, 1.54) is 0 Å². The minimum Gasteiger partial charge on any atom is -0.360 e. The number of piperazine rings is 1. The molecule has 2 amide bonds. The van der Waals surface area contributed by atoms with E-state index >= 15 is 0 Å². The van der Waals surface area contributed by atoms with Crippen LogP contribution in [0.15, 0.2) is 10.6 Å².